The van der Waals surface area contributed by atoms with Crippen LogP contribution in [0.3, 0.4) is 0 Å². The summed E-state index contributed by atoms with van der Waals surface area (Å²) in [7, 11) is 0. The van der Waals surface area contributed by atoms with Crippen LogP contribution in [0.4, 0.5) is 5.69 Å². The number of fused-ring (bicyclic) bond motifs is 2. The molecule has 0 spiro atoms. The lowest BCUT2D eigenvalue weighted by Crippen LogP contribution is -2.16. The topological polar surface area (TPSA) is 90.7 Å². The highest BCUT2D eigenvalue weighted by Crippen LogP contribution is 2.37. The smallest absolute Gasteiger partial charge is 0.231 e. The molecule has 7 nitrogen and oxygen atoms in total. The van der Waals surface area contributed by atoms with Crippen molar-refractivity contribution in [2.24, 2.45) is 0 Å². The molecule has 25 heavy (non-hydrogen) atoms. The Bertz CT molecular complexity index is 992. The molecule has 1 aromatic heterocycles. The van der Waals surface area contributed by atoms with Gasteiger partial charge in [-0.15, -0.1) is 0 Å². The molecule has 2 aromatic carbocycles. The van der Waals surface area contributed by atoms with Crippen LogP contribution in [0.25, 0.3) is 11.0 Å². The van der Waals surface area contributed by atoms with Crippen LogP contribution in [0.15, 0.2) is 40.9 Å². The molecule has 126 valence electrons. The fourth-order valence-electron chi connectivity index (χ4n) is 2.75. The second-order valence-electron chi connectivity index (χ2n) is 5.66. The van der Waals surface area contributed by atoms with E-state index in [1.165, 1.54) is 6.92 Å². The van der Waals surface area contributed by atoms with E-state index < -0.39 is 0 Å². The number of anilines is 1. The average Bonchev–Trinajstić information content (AvgIpc) is 3.20. The molecule has 3 aromatic rings. The van der Waals surface area contributed by atoms with Gasteiger partial charge in [-0.1, -0.05) is 17.3 Å². The summed E-state index contributed by atoms with van der Waals surface area (Å²) in [4.78, 5) is 24.3. The molecule has 2 heterocycles. The van der Waals surface area contributed by atoms with E-state index in [2.05, 4.69) is 10.5 Å². The fourth-order valence-corrected chi connectivity index (χ4v) is 2.75. The number of hydrogen-bond acceptors (Lipinski definition) is 6. The number of para-hydroxylation sites is 1. The van der Waals surface area contributed by atoms with Gasteiger partial charge in [0.2, 0.25) is 12.7 Å². The van der Waals surface area contributed by atoms with Crippen molar-refractivity contribution in [1.82, 2.24) is 5.16 Å². The molecule has 0 aliphatic carbocycles. The maximum absolute atomic E-state index is 12.4. The van der Waals surface area contributed by atoms with Crippen LogP contribution >= 0.6 is 0 Å². The van der Waals surface area contributed by atoms with E-state index in [0.29, 0.717) is 34.0 Å². The second kappa shape index (κ2) is 5.94. The van der Waals surface area contributed by atoms with Crippen molar-refractivity contribution in [3.05, 3.63) is 47.7 Å². The van der Waals surface area contributed by atoms with Crippen molar-refractivity contribution in [3.8, 4) is 11.5 Å². The molecular formula is C18H14N2O5. The molecule has 0 unspecified atom stereocenters. The van der Waals surface area contributed by atoms with Crippen molar-refractivity contribution in [2.75, 3.05) is 12.1 Å². The molecule has 7 heteroatoms. The number of amides is 1. The van der Waals surface area contributed by atoms with Crippen LogP contribution in [0.2, 0.25) is 0 Å². The van der Waals surface area contributed by atoms with Gasteiger partial charge >= 0.3 is 0 Å². The van der Waals surface area contributed by atoms with E-state index in [1.54, 1.807) is 18.2 Å². The van der Waals surface area contributed by atoms with Crippen molar-refractivity contribution in [2.45, 2.75) is 13.3 Å². The van der Waals surface area contributed by atoms with Crippen LogP contribution in [-0.4, -0.2) is 23.6 Å². The summed E-state index contributed by atoms with van der Waals surface area (Å²) in [6.45, 7) is 1.52. The third-order valence-corrected chi connectivity index (χ3v) is 3.95. The Morgan fingerprint density at radius 1 is 1.16 bits per heavy atom. The SMILES string of the molecule is CC(=O)c1cc2c(cc1NC(=O)Cc1noc3ccccc13)OCO2. The maximum Gasteiger partial charge on any atom is 0.231 e. The highest BCUT2D eigenvalue weighted by molar-refractivity contribution is 6.05. The van der Waals surface area contributed by atoms with Crippen LogP contribution in [0.5, 0.6) is 11.5 Å². The van der Waals surface area contributed by atoms with Gasteiger partial charge in [-0.2, -0.15) is 0 Å². The number of nitrogens with zero attached hydrogens (tertiary/aromatic N) is 1. The summed E-state index contributed by atoms with van der Waals surface area (Å²) in [5.74, 6) is 0.499. The first-order valence-electron chi connectivity index (χ1n) is 7.69. The van der Waals surface area contributed by atoms with Crippen LogP contribution in [0.1, 0.15) is 23.0 Å². The van der Waals surface area contributed by atoms with Gasteiger partial charge in [-0.05, 0) is 25.1 Å². The van der Waals surface area contributed by atoms with E-state index in [0.717, 1.165) is 5.39 Å². The summed E-state index contributed by atoms with van der Waals surface area (Å²) in [6.07, 6.45) is 0.0306. The Morgan fingerprint density at radius 2 is 1.92 bits per heavy atom. The molecule has 0 saturated carbocycles. The highest BCUT2D eigenvalue weighted by Gasteiger charge is 2.21. The number of nitrogens with one attached hydrogen (secondary N) is 1. The Labute approximate surface area is 142 Å². The summed E-state index contributed by atoms with van der Waals surface area (Å²) < 4.78 is 15.8. The van der Waals surface area contributed by atoms with Gasteiger partial charge in [-0.3, -0.25) is 9.59 Å². The Morgan fingerprint density at radius 3 is 2.72 bits per heavy atom. The van der Waals surface area contributed by atoms with Gasteiger partial charge in [0, 0.05) is 17.0 Å². The molecule has 1 N–H and O–H groups in total. The number of ketones is 1. The third-order valence-electron chi connectivity index (χ3n) is 3.95. The molecule has 0 bridgehead atoms. The summed E-state index contributed by atoms with van der Waals surface area (Å²) >= 11 is 0. The van der Waals surface area contributed by atoms with E-state index in [-0.39, 0.29) is 24.9 Å². The number of ether oxygens (including phenoxy) is 2. The number of carbonyl (C=O) groups excluding carboxylic acids is 2. The number of aromatic nitrogens is 1. The Kier molecular flexibility index (Phi) is 3.61. The van der Waals surface area contributed by atoms with Gasteiger partial charge in [-0.25, -0.2) is 0 Å². The lowest BCUT2D eigenvalue weighted by molar-refractivity contribution is -0.115. The van der Waals surface area contributed by atoms with Crippen LogP contribution in [0, 0.1) is 0 Å². The summed E-state index contributed by atoms with van der Waals surface area (Å²) in [5, 5.41) is 7.48. The predicted octanol–water partition coefficient (Wildman–Crippen LogP) is 2.94. The second-order valence-corrected chi connectivity index (χ2v) is 5.66. The van der Waals surface area contributed by atoms with Gasteiger partial charge in [0.1, 0.15) is 5.69 Å². The maximum atomic E-state index is 12.4. The Balaban J connectivity index is 1.59. The monoisotopic (exact) mass is 338 g/mol. The standard InChI is InChI=1S/C18H14N2O5/c1-10(21)12-6-16-17(24-9-23-16)7-13(12)19-18(22)8-14-11-4-2-3-5-15(11)25-20-14/h2-7H,8-9H2,1H3,(H,19,22). The number of hydrogen-bond donors (Lipinski definition) is 1. The van der Waals surface area contributed by atoms with Gasteiger partial charge in [0.25, 0.3) is 0 Å². The molecule has 0 radical (unpaired) electrons. The molecular weight excluding hydrogens is 324 g/mol. The van der Waals surface area contributed by atoms with Crippen molar-refractivity contribution in [3.63, 3.8) is 0 Å². The molecule has 0 atom stereocenters. The van der Waals surface area contributed by atoms with Crippen LogP contribution in [-0.2, 0) is 11.2 Å². The quantitative estimate of drug-likeness (QED) is 0.736. The lowest BCUT2D eigenvalue weighted by Gasteiger charge is -2.10. The molecule has 1 amide bonds. The zero-order valence-corrected chi connectivity index (χ0v) is 13.4. The first-order valence-corrected chi connectivity index (χ1v) is 7.69. The van der Waals surface area contributed by atoms with E-state index in [9.17, 15) is 9.59 Å². The molecule has 0 fully saturated rings. The van der Waals surface area contributed by atoms with E-state index in [1.807, 2.05) is 18.2 Å². The average molecular weight is 338 g/mol. The zero-order chi connectivity index (χ0) is 17.4. The fraction of sp³-hybridized carbons (Fsp3) is 0.167. The minimum Gasteiger partial charge on any atom is -0.454 e. The largest absolute Gasteiger partial charge is 0.454 e. The molecule has 4 rings (SSSR count). The summed E-state index contributed by atoms with van der Waals surface area (Å²) in [6, 6.07) is 10.5. The van der Waals surface area contributed by atoms with Crippen molar-refractivity contribution in [1.29, 1.82) is 0 Å². The van der Waals surface area contributed by atoms with Crippen molar-refractivity contribution >= 4 is 28.3 Å². The molecule has 0 saturated heterocycles. The Hall–Kier alpha value is -3.35. The predicted molar refractivity (Wildman–Crippen MR) is 88.9 cm³/mol. The number of Topliss-reactive ketones (excluding diaryl/α,β-unsaturated/α-hetero) is 1. The van der Waals surface area contributed by atoms with E-state index >= 15 is 0 Å². The highest BCUT2D eigenvalue weighted by atomic mass is 16.7. The van der Waals surface area contributed by atoms with Gasteiger partial charge in [0.15, 0.2) is 22.9 Å². The van der Waals surface area contributed by atoms with Gasteiger partial charge < -0.3 is 19.3 Å². The first kappa shape index (κ1) is 15.2. The zero-order valence-electron chi connectivity index (χ0n) is 13.4. The van der Waals surface area contributed by atoms with E-state index in [4.69, 9.17) is 14.0 Å². The van der Waals surface area contributed by atoms with Crippen molar-refractivity contribution < 1.29 is 23.6 Å². The third kappa shape index (κ3) is 2.80. The molecule has 1 aliphatic heterocycles. The van der Waals surface area contributed by atoms with Crippen LogP contribution < -0.4 is 14.8 Å². The lowest BCUT2D eigenvalue weighted by atomic mass is 10.1. The minimum atomic E-state index is -0.305. The molecule has 1 aliphatic rings. The number of rotatable bonds is 4. The van der Waals surface area contributed by atoms with Gasteiger partial charge in [0.05, 0.1) is 12.1 Å². The number of benzene rings is 2. The number of carbonyl (C=O) groups is 2. The first-order chi connectivity index (χ1) is 12.1. The summed E-state index contributed by atoms with van der Waals surface area (Å²) in [5.41, 5.74) is 1.91. The normalized spacial score (nSPS) is 12.4. The minimum absolute atomic E-state index is 0.0306.